The van der Waals surface area contributed by atoms with Crippen molar-refractivity contribution in [2.75, 3.05) is 7.11 Å². The number of benzene rings is 1. The van der Waals surface area contributed by atoms with Crippen LogP contribution in [0.4, 0.5) is 0 Å². The van der Waals surface area contributed by atoms with E-state index in [0.29, 0.717) is 6.42 Å². The molecular weight excluding hydrogens is 268 g/mol. The van der Waals surface area contributed by atoms with Crippen LogP contribution in [0.25, 0.3) is 0 Å². The van der Waals surface area contributed by atoms with Crippen molar-refractivity contribution >= 4 is 5.97 Å². The Morgan fingerprint density at radius 2 is 1.86 bits per heavy atom. The topological polar surface area (TPSA) is 44.8 Å². The molecule has 4 heteroatoms. The van der Waals surface area contributed by atoms with E-state index in [1.54, 1.807) is 7.11 Å². The molecule has 1 aliphatic carbocycles. The average Bonchev–Trinajstić information content (AvgIpc) is 2.48. The minimum Gasteiger partial charge on any atom is -0.497 e. The monoisotopic (exact) mass is 292 g/mol. The van der Waals surface area contributed by atoms with Gasteiger partial charge in [0.05, 0.1) is 13.2 Å². The van der Waals surface area contributed by atoms with Crippen molar-refractivity contribution in [3.05, 3.63) is 29.8 Å². The Labute approximate surface area is 126 Å². The second-order valence-electron chi connectivity index (χ2n) is 5.49. The fraction of sp³-hybridized carbons (Fsp3) is 0.588. The van der Waals surface area contributed by atoms with Crippen LogP contribution in [0.2, 0.25) is 0 Å². The van der Waals surface area contributed by atoms with Crippen molar-refractivity contribution < 1.29 is 19.0 Å². The number of esters is 1. The summed E-state index contributed by atoms with van der Waals surface area (Å²) in [7, 11) is 1.64. The molecule has 4 nitrogen and oxygen atoms in total. The number of carbonyl (C=O) groups is 1. The summed E-state index contributed by atoms with van der Waals surface area (Å²) in [6.07, 6.45) is 6.05. The third-order valence-corrected chi connectivity index (χ3v) is 3.76. The van der Waals surface area contributed by atoms with Gasteiger partial charge in [0.25, 0.3) is 0 Å². The summed E-state index contributed by atoms with van der Waals surface area (Å²) in [4.78, 5) is 11.3. The van der Waals surface area contributed by atoms with Gasteiger partial charge >= 0.3 is 5.97 Å². The predicted molar refractivity (Wildman–Crippen MR) is 80.2 cm³/mol. The molecule has 1 unspecified atom stereocenters. The number of carbonyl (C=O) groups excluding carboxylic acids is 1. The van der Waals surface area contributed by atoms with E-state index < -0.39 is 6.29 Å². The Morgan fingerprint density at radius 3 is 2.43 bits per heavy atom. The summed E-state index contributed by atoms with van der Waals surface area (Å²) in [5.41, 5.74) is 1.07. The molecule has 21 heavy (non-hydrogen) atoms. The van der Waals surface area contributed by atoms with Gasteiger partial charge in [0, 0.05) is 13.3 Å². The van der Waals surface area contributed by atoms with Crippen LogP contribution in [0, 0.1) is 0 Å². The van der Waals surface area contributed by atoms with Crippen LogP contribution in [-0.4, -0.2) is 25.5 Å². The highest BCUT2D eigenvalue weighted by molar-refractivity contribution is 5.66. The Bertz CT molecular complexity index is 435. The number of rotatable bonds is 6. The number of hydrogen-bond donors (Lipinski definition) is 0. The van der Waals surface area contributed by atoms with Gasteiger partial charge in [-0.2, -0.15) is 0 Å². The molecular formula is C17H24O4. The lowest BCUT2D eigenvalue weighted by atomic mass is 9.98. The van der Waals surface area contributed by atoms with Gasteiger partial charge in [-0.1, -0.05) is 31.4 Å². The van der Waals surface area contributed by atoms with Gasteiger partial charge in [-0.05, 0) is 30.5 Å². The standard InChI is InChI=1S/C17H24O4/c1-13(18)20-17(21-16-6-4-3-5-7-16)12-14-8-10-15(19-2)11-9-14/h8-11,16-17H,3-7,12H2,1-2H3. The van der Waals surface area contributed by atoms with Crippen LogP contribution >= 0.6 is 0 Å². The minimum absolute atomic E-state index is 0.210. The summed E-state index contributed by atoms with van der Waals surface area (Å²) in [6.45, 7) is 1.42. The molecule has 1 fully saturated rings. The van der Waals surface area contributed by atoms with E-state index in [2.05, 4.69) is 0 Å². The molecule has 1 aromatic rings. The Morgan fingerprint density at radius 1 is 1.19 bits per heavy atom. The lowest BCUT2D eigenvalue weighted by molar-refractivity contribution is -0.190. The summed E-state index contributed by atoms with van der Waals surface area (Å²) < 4.78 is 16.5. The van der Waals surface area contributed by atoms with E-state index in [9.17, 15) is 4.79 Å². The second kappa shape index (κ2) is 8.03. The zero-order valence-electron chi connectivity index (χ0n) is 12.8. The van der Waals surface area contributed by atoms with E-state index in [0.717, 1.165) is 24.2 Å². The number of ether oxygens (including phenoxy) is 3. The molecule has 1 aromatic carbocycles. The SMILES string of the molecule is COc1ccc(CC(OC(C)=O)OC2CCCCC2)cc1. The maximum absolute atomic E-state index is 11.3. The Balaban J connectivity index is 1.95. The summed E-state index contributed by atoms with van der Waals surface area (Å²) in [5.74, 6) is 0.514. The van der Waals surface area contributed by atoms with Crippen LogP contribution in [0.15, 0.2) is 24.3 Å². The number of methoxy groups -OCH3 is 1. The van der Waals surface area contributed by atoms with Gasteiger partial charge in [0.1, 0.15) is 5.75 Å². The average molecular weight is 292 g/mol. The molecule has 116 valence electrons. The third kappa shape index (κ3) is 5.38. The maximum Gasteiger partial charge on any atom is 0.304 e. The first-order valence-electron chi connectivity index (χ1n) is 7.63. The van der Waals surface area contributed by atoms with Gasteiger partial charge in [0.15, 0.2) is 0 Å². The highest BCUT2D eigenvalue weighted by Gasteiger charge is 2.21. The highest BCUT2D eigenvalue weighted by Crippen LogP contribution is 2.23. The van der Waals surface area contributed by atoms with Crippen LogP contribution in [-0.2, 0) is 20.7 Å². The lowest BCUT2D eigenvalue weighted by Gasteiger charge is -2.27. The van der Waals surface area contributed by atoms with Gasteiger partial charge < -0.3 is 14.2 Å². The molecule has 0 amide bonds. The van der Waals surface area contributed by atoms with Crippen molar-refractivity contribution in [3.63, 3.8) is 0 Å². The van der Waals surface area contributed by atoms with Gasteiger partial charge in [-0.3, -0.25) is 4.79 Å². The molecule has 0 aliphatic heterocycles. The lowest BCUT2D eigenvalue weighted by Crippen LogP contribution is -2.29. The third-order valence-electron chi connectivity index (χ3n) is 3.76. The molecule has 0 aromatic heterocycles. The molecule has 0 N–H and O–H groups in total. The predicted octanol–water partition coefficient (Wildman–Crippen LogP) is 3.48. The Hall–Kier alpha value is -1.55. The quantitative estimate of drug-likeness (QED) is 0.595. The molecule has 2 rings (SSSR count). The zero-order valence-corrected chi connectivity index (χ0v) is 12.8. The normalized spacial score (nSPS) is 17.2. The van der Waals surface area contributed by atoms with Crippen LogP contribution in [0.1, 0.15) is 44.6 Å². The van der Waals surface area contributed by atoms with E-state index >= 15 is 0 Å². The van der Waals surface area contributed by atoms with Crippen molar-refractivity contribution in [1.29, 1.82) is 0 Å². The van der Waals surface area contributed by atoms with E-state index in [4.69, 9.17) is 14.2 Å². The molecule has 0 bridgehead atoms. The molecule has 0 saturated heterocycles. The highest BCUT2D eigenvalue weighted by atomic mass is 16.7. The van der Waals surface area contributed by atoms with Gasteiger partial charge in [0.2, 0.25) is 6.29 Å². The van der Waals surface area contributed by atoms with E-state index in [1.165, 1.54) is 26.2 Å². The van der Waals surface area contributed by atoms with Gasteiger partial charge in [-0.15, -0.1) is 0 Å². The maximum atomic E-state index is 11.3. The van der Waals surface area contributed by atoms with E-state index in [1.807, 2.05) is 24.3 Å². The van der Waals surface area contributed by atoms with Crippen LogP contribution < -0.4 is 4.74 Å². The first-order chi connectivity index (χ1) is 10.2. The molecule has 1 atom stereocenters. The summed E-state index contributed by atoms with van der Waals surface area (Å²) >= 11 is 0. The van der Waals surface area contributed by atoms with Crippen molar-refractivity contribution in [2.24, 2.45) is 0 Å². The summed E-state index contributed by atoms with van der Waals surface area (Å²) in [5, 5.41) is 0. The Kier molecular flexibility index (Phi) is 6.05. The molecule has 1 saturated carbocycles. The van der Waals surface area contributed by atoms with Crippen molar-refractivity contribution in [1.82, 2.24) is 0 Å². The van der Waals surface area contributed by atoms with Crippen molar-refractivity contribution in [3.8, 4) is 5.75 Å². The fourth-order valence-electron chi connectivity index (χ4n) is 2.67. The molecule has 0 radical (unpaired) electrons. The minimum atomic E-state index is -0.501. The second-order valence-corrected chi connectivity index (χ2v) is 5.49. The van der Waals surface area contributed by atoms with Crippen molar-refractivity contribution in [2.45, 2.75) is 57.8 Å². The fourth-order valence-corrected chi connectivity index (χ4v) is 2.67. The smallest absolute Gasteiger partial charge is 0.304 e. The zero-order chi connectivity index (χ0) is 15.1. The molecule has 1 aliphatic rings. The molecule has 0 spiro atoms. The van der Waals surface area contributed by atoms with E-state index in [-0.39, 0.29) is 12.1 Å². The summed E-state index contributed by atoms with van der Waals surface area (Å²) in [6, 6.07) is 7.75. The largest absolute Gasteiger partial charge is 0.497 e. The first-order valence-corrected chi connectivity index (χ1v) is 7.63. The van der Waals surface area contributed by atoms with Gasteiger partial charge in [-0.25, -0.2) is 0 Å². The molecule has 0 heterocycles. The van der Waals surface area contributed by atoms with Crippen LogP contribution in [0.5, 0.6) is 5.75 Å². The number of hydrogen-bond acceptors (Lipinski definition) is 4. The first kappa shape index (κ1) is 15.8. The van der Waals surface area contributed by atoms with Crippen LogP contribution in [0.3, 0.4) is 0 Å².